The summed E-state index contributed by atoms with van der Waals surface area (Å²) < 4.78 is 4.97. The van der Waals surface area contributed by atoms with Crippen molar-refractivity contribution in [3.8, 4) is 11.1 Å². The quantitative estimate of drug-likeness (QED) is 0.432. The highest BCUT2D eigenvalue weighted by Gasteiger charge is 2.18. The van der Waals surface area contributed by atoms with E-state index in [9.17, 15) is 4.79 Å². The average molecular weight is 433 g/mol. The largest absolute Gasteiger partial charge is 0.465 e. The van der Waals surface area contributed by atoms with Gasteiger partial charge in [-0.2, -0.15) is 0 Å². The topological polar surface area (TPSA) is 32.8 Å². The Balaban J connectivity index is 1.45. The third-order valence-electron chi connectivity index (χ3n) is 5.11. The van der Waals surface area contributed by atoms with Gasteiger partial charge in [-0.15, -0.1) is 11.8 Å². The van der Waals surface area contributed by atoms with Gasteiger partial charge in [-0.3, -0.25) is 14.6 Å². The number of rotatable bonds is 9. The van der Waals surface area contributed by atoms with Crippen LogP contribution in [0, 0.1) is 0 Å². The lowest BCUT2D eigenvalue weighted by Gasteiger charge is -2.35. The van der Waals surface area contributed by atoms with Crippen LogP contribution in [0.15, 0.2) is 48.5 Å². The molecule has 0 radical (unpaired) electrons. The van der Waals surface area contributed by atoms with Gasteiger partial charge in [-0.05, 0) is 35.7 Å². The maximum Gasteiger partial charge on any atom is 0.315 e. The van der Waals surface area contributed by atoms with Crippen LogP contribution in [0.25, 0.3) is 11.1 Å². The molecule has 3 rings (SSSR count). The second-order valence-electron chi connectivity index (χ2n) is 7.14. The smallest absolute Gasteiger partial charge is 0.315 e. The summed E-state index contributed by atoms with van der Waals surface area (Å²) in [6, 6.07) is 16.7. The molecule has 0 bridgehead atoms. The first kappa shape index (κ1) is 22.2. The molecule has 6 heteroatoms. The predicted octanol–water partition coefficient (Wildman–Crippen LogP) is 4.42. The van der Waals surface area contributed by atoms with Crippen LogP contribution in [-0.2, 0) is 16.1 Å². The van der Waals surface area contributed by atoms with Gasteiger partial charge in [0.05, 0.1) is 12.4 Å². The summed E-state index contributed by atoms with van der Waals surface area (Å²) in [6.45, 7) is 8.57. The Morgan fingerprint density at radius 3 is 2.45 bits per heavy atom. The van der Waals surface area contributed by atoms with Crippen LogP contribution in [0.3, 0.4) is 0 Å². The Bertz CT molecular complexity index is 777. The molecule has 0 saturated carbocycles. The van der Waals surface area contributed by atoms with E-state index in [0.29, 0.717) is 12.4 Å². The molecule has 0 atom stereocenters. The summed E-state index contributed by atoms with van der Waals surface area (Å²) in [7, 11) is 0. The minimum atomic E-state index is -0.110. The van der Waals surface area contributed by atoms with Gasteiger partial charge in [0.25, 0.3) is 0 Å². The number of thioether (sulfide) groups is 1. The molecule has 4 nitrogen and oxygen atoms in total. The number of benzene rings is 2. The molecular formula is C23H29ClN2O2S. The van der Waals surface area contributed by atoms with Gasteiger partial charge in [0.1, 0.15) is 0 Å². The first-order valence-electron chi connectivity index (χ1n) is 10.2. The fraction of sp³-hybridized carbons (Fsp3) is 0.435. The van der Waals surface area contributed by atoms with Gasteiger partial charge in [-0.25, -0.2) is 0 Å². The maximum absolute atomic E-state index is 11.4. The maximum atomic E-state index is 11.4. The van der Waals surface area contributed by atoms with E-state index < -0.39 is 0 Å². The summed E-state index contributed by atoms with van der Waals surface area (Å²) in [5, 5.41) is 0.766. The predicted molar refractivity (Wildman–Crippen MR) is 123 cm³/mol. The van der Waals surface area contributed by atoms with Crippen LogP contribution in [-0.4, -0.2) is 66.6 Å². The van der Waals surface area contributed by atoms with Gasteiger partial charge in [0, 0.05) is 50.0 Å². The van der Waals surface area contributed by atoms with Crippen molar-refractivity contribution in [1.29, 1.82) is 0 Å². The van der Waals surface area contributed by atoms with E-state index in [-0.39, 0.29) is 5.97 Å². The Labute approximate surface area is 183 Å². The van der Waals surface area contributed by atoms with Crippen LogP contribution in [0.4, 0.5) is 0 Å². The average Bonchev–Trinajstić information content (AvgIpc) is 2.74. The molecular weight excluding hydrogens is 404 g/mol. The number of hydrogen-bond donors (Lipinski definition) is 0. The zero-order valence-corrected chi connectivity index (χ0v) is 18.6. The lowest BCUT2D eigenvalue weighted by Crippen LogP contribution is -2.46. The van der Waals surface area contributed by atoms with Crippen molar-refractivity contribution >= 4 is 29.3 Å². The van der Waals surface area contributed by atoms with Crippen LogP contribution in [0.2, 0.25) is 5.02 Å². The molecule has 1 fully saturated rings. The second-order valence-corrected chi connectivity index (χ2v) is 8.68. The number of piperazine rings is 1. The second kappa shape index (κ2) is 11.6. The van der Waals surface area contributed by atoms with Crippen molar-refractivity contribution in [2.45, 2.75) is 13.5 Å². The Morgan fingerprint density at radius 1 is 1.03 bits per heavy atom. The van der Waals surface area contributed by atoms with E-state index in [1.165, 1.54) is 16.7 Å². The van der Waals surface area contributed by atoms with Crippen molar-refractivity contribution in [2.24, 2.45) is 0 Å². The molecule has 0 aliphatic carbocycles. The third kappa shape index (κ3) is 7.03. The first-order valence-corrected chi connectivity index (χ1v) is 11.7. The molecule has 29 heavy (non-hydrogen) atoms. The van der Waals surface area contributed by atoms with Crippen molar-refractivity contribution < 1.29 is 9.53 Å². The van der Waals surface area contributed by atoms with Gasteiger partial charge in [-0.1, -0.05) is 48.0 Å². The number of esters is 1. The number of hydrogen-bond acceptors (Lipinski definition) is 5. The van der Waals surface area contributed by atoms with E-state index in [1.807, 2.05) is 19.1 Å². The van der Waals surface area contributed by atoms with Crippen LogP contribution in [0.1, 0.15) is 12.5 Å². The number of ether oxygens (including phenoxy) is 1. The SMILES string of the molecule is CCOC(=O)CSCCN1CCN(Cc2ccccc2-c2ccc(Cl)cc2)CC1. The van der Waals surface area contributed by atoms with Gasteiger partial charge in [0.15, 0.2) is 0 Å². The lowest BCUT2D eigenvalue weighted by molar-refractivity contribution is -0.139. The van der Waals surface area contributed by atoms with Crippen molar-refractivity contribution in [3.05, 3.63) is 59.1 Å². The van der Waals surface area contributed by atoms with Crippen molar-refractivity contribution in [1.82, 2.24) is 9.80 Å². The Morgan fingerprint density at radius 2 is 1.72 bits per heavy atom. The minimum Gasteiger partial charge on any atom is -0.465 e. The number of halogens is 1. The molecule has 0 N–H and O–H groups in total. The highest BCUT2D eigenvalue weighted by atomic mass is 35.5. The normalized spacial score (nSPS) is 15.4. The van der Waals surface area contributed by atoms with Crippen molar-refractivity contribution in [2.75, 3.05) is 50.8 Å². The molecule has 1 aliphatic heterocycles. The molecule has 0 aromatic heterocycles. The van der Waals surface area contributed by atoms with Gasteiger partial charge < -0.3 is 4.74 Å². The molecule has 2 aromatic rings. The summed E-state index contributed by atoms with van der Waals surface area (Å²) in [4.78, 5) is 16.4. The monoisotopic (exact) mass is 432 g/mol. The fourth-order valence-electron chi connectivity index (χ4n) is 3.53. The Kier molecular flexibility index (Phi) is 8.87. The van der Waals surface area contributed by atoms with Crippen LogP contribution < -0.4 is 0 Å². The molecule has 0 amide bonds. The van der Waals surface area contributed by atoms with E-state index in [2.05, 4.69) is 46.2 Å². The first-order chi connectivity index (χ1) is 14.2. The number of carbonyl (C=O) groups is 1. The molecule has 0 unspecified atom stereocenters. The minimum absolute atomic E-state index is 0.110. The molecule has 156 valence electrons. The molecule has 1 heterocycles. The van der Waals surface area contributed by atoms with Crippen LogP contribution >= 0.6 is 23.4 Å². The third-order valence-corrected chi connectivity index (χ3v) is 6.27. The number of carbonyl (C=O) groups excluding carboxylic acids is 1. The molecule has 1 saturated heterocycles. The zero-order chi connectivity index (χ0) is 20.5. The highest BCUT2D eigenvalue weighted by molar-refractivity contribution is 7.99. The summed E-state index contributed by atoms with van der Waals surface area (Å²) >= 11 is 7.71. The molecule has 2 aromatic carbocycles. The summed E-state index contributed by atoms with van der Waals surface area (Å²) in [5.41, 5.74) is 3.84. The highest BCUT2D eigenvalue weighted by Crippen LogP contribution is 2.26. The molecule has 0 spiro atoms. The summed E-state index contributed by atoms with van der Waals surface area (Å²) in [5.74, 6) is 1.31. The lowest BCUT2D eigenvalue weighted by atomic mass is 9.99. The van der Waals surface area contributed by atoms with Gasteiger partial charge in [0.2, 0.25) is 0 Å². The fourth-order valence-corrected chi connectivity index (χ4v) is 4.44. The van der Waals surface area contributed by atoms with E-state index in [1.54, 1.807) is 11.8 Å². The van der Waals surface area contributed by atoms with E-state index in [0.717, 1.165) is 50.0 Å². The van der Waals surface area contributed by atoms with E-state index in [4.69, 9.17) is 16.3 Å². The zero-order valence-electron chi connectivity index (χ0n) is 17.0. The van der Waals surface area contributed by atoms with Crippen LogP contribution in [0.5, 0.6) is 0 Å². The van der Waals surface area contributed by atoms with Crippen molar-refractivity contribution in [3.63, 3.8) is 0 Å². The van der Waals surface area contributed by atoms with E-state index >= 15 is 0 Å². The summed E-state index contributed by atoms with van der Waals surface area (Å²) in [6.07, 6.45) is 0. The number of nitrogens with zero attached hydrogens (tertiary/aromatic N) is 2. The Hall–Kier alpha value is -1.53. The molecule has 1 aliphatic rings. The van der Waals surface area contributed by atoms with Gasteiger partial charge >= 0.3 is 5.97 Å². The standard InChI is InChI=1S/C23H29ClN2O2S/c1-2-28-23(27)18-29-16-15-25-11-13-26(14-12-25)17-20-5-3-4-6-22(20)19-7-9-21(24)10-8-19/h3-10H,2,11-18H2,1H3.